The molecule has 7 heteroatoms. The summed E-state index contributed by atoms with van der Waals surface area (Å²) in [4.78, 5) is 14.3. The molecule has 0 fully saturated rings. The van der Waals surface area contributed by atoms with E-state index in [0.29, 0.717) is 17.9 Å². The monoisotopic (exact) mass is 261 g/mol. The van der Waals surface area contributed by atoms with E-state index in [1.807, 2.05) is 19.3 Å². The van der Waals surface area contributed by atoms with E-state index in [1.165, 1.54) is 6.20 Å². The highest BCUT2D eigenvalue weighted by atomic mass is 16.6. The summed E-state index contributed by atoms with van der Waals surface area (Å²) < 4.78 is 1.75. The molecule has 2 heterocycles. The molecule has 0 amide bonds. The van der Waals surface area contributed by atoms with Gasteiger partial charge in [-0.15, -0.1) is 0 Å². The van der Waals surface area contributed by atoms with Gasteiger partial charge in [-0.05, 0) is 19.1 Å². The van der Waals surface area contributed by atoms with E-state index in [4.69, 9.17) is 0 Å². The smallest absolute Gasteiger partial charge is 0.290 e. The van der Waals surface area contributed by atoms with Crippen LogP contribution >= 0.6 is 0 Å². The molecule has 0 saturated carbocycles. The van der Waals surface area contributed by atoms with Crippen LogP contribution in [0.2, 0.25) is 0 Å². The molecule has 0 atom stereocenters. The van der Waals surface area contributed by atoms with Crippen molar-refractivity contribution in [1.29, 1.82) is 0 Å². The fraction of sp³-hybridized carbons (Fsp3) is 0.333. The van der Waals surface area contributed by atoms with Gasteiger partial charge in [-0.1, -0.05) is 0 Å². The first-order chi connectivity index (χ1) is 9.06. The van der Waals surface area contributed by atoms with Crippen molar-refractivity contribution in [3.8, 4) is 0 Å². The van der Waals surface area contributed by atoms with Crippen LogP contribution in [-0.4, -0.2) is 26.2 Å². The first-order valence-electron chi connectivity index (χ1n) is 5.89. The van der Waals surface area contributed by atoms with Crippen LogP contribution in [0.25, 0.3) is 0 Å². The van der Waals surface area contributed by atoms with Crippen LogP contribution in [0, 0.1) is 17.0 Å². The van der Waals surface area contributed by atoms with Gasteiger partial charge in [0.25, 0.3) is 5.69 Å². The Morgan fingerprint density at radius 3 is 2.89 bits per heavy atom. The Labute approximate surface area is 110 Å². The highest BCUT2D eigenvalue weighted by Crippen LogP contribution is 2.18. The van der Waals surface area contributed by atoms with Crippen LogP contribution in [0.3, 0.4) is 0 Å². The maximum absolute atomic E-state index is 10.7. The van der Waals surface area contributed by atoms with Gasteiger partial charge < -0.3 is 5.32 Å². The molecule has 2 aromatic rings. The Morgan fingerprint density at radius 1 is 1.53 bits per heavy atom. The van der Waals surface area contributed by atoms with Gasteiger partial charge in [-0.2, -0.15) is 5.10 Å². The van der Waals surface area contributed by atoms with E-state index < -0.39 is 4.92 Å². The number of nitro groups is 1. The third-order valence-electron chi connectivity index (χ3n) is 2.74. The second-order valence-electron chi connectivity index (χ2n) is 4.27. The molecule has 0 radical (unpaired) electrons. The largest absolute Gasteiger partial charge is 0.370 e. The predicted octanol–water partition coefficient (Wildman–Crippen LogP) is 1.69. The van der Waals surface area contributed by atoms with Gasteiger partial charge in [-0.3, -0.25) is 14.8 Å². The molecule has 0 spiro atoms. The van der Waals surface area contributed by atoms with Gasteiger partial charge in [0.2, 0.25) is 0 Å². The number of aryl methyl sites for hydroxylation is 2. The average molecular weight is 261 g/mol. The van der Waals surface area contributed by atoms with Crippen LogP contribution < -0.4 is 5.32 Å². The maximum atomic E-state index is 10.7. The Balaban J connectivity index is 1.93. The zero-order chi connectivity index (χ0) is 13.8. The number of pyridine rings is 1. The van der Waals surface area contributed by atoms with E-state index in [9.17, 15) is 10.1 Å². The zero-order valence-corrected chi connectivity index (χ0v) is 10.8. The van der Waals surface area contributed by atoms with Gasteiger partial charge in [-0.25, -0.2) is 4.98 Å². The molecule has 2 aromatic heterocycles. The lowest BCUT2D eigenvalue weighted by Crippen LogP contribution is -2.07. The summed E-state index contributed by atoms with van der Waals surface area (Å²) in [7, 11) is 1.87. The van der Waals surface area contributed by atoms with E-state index in [-0.39, 0.29) is 5.69 Å². The van der Waals surface area contributed by atoms with Crippen LogP contribution in [-0.2, 0) is 13.5 Å². The van der Waals surface area contributed by atoms with E-state index in [1.54, 1.807) is 17.7 Å². The van der Waals surface area contributed by atoms with Crippen LogP contribution in [0.15, 0.2) is 24.5 Å². The summed E-state index contributed by atoms with van der Waals surface area (Å²) in [6, 6.07) is 3.63. The highest BCUT2D eigenvalue weighted by molar-refractivity contribution is 5.46. The van der Waals surface area contributed by atoms with Gasteiger partial charge in [0, 0.05) is 31.8 Å². The lowest BCUT2D eigenvalue weighted by atomic mass is 10.2. The molecule has 0 aliphatic heterocycles. The van der Waals surface area contributed by atoms with Crippen molar-refractivity contribution >= 4 is 11.5 Å². The molecule has 0 bridgehead atoms. The third kappa shape index (κ3) is 3.27. The number of nitrogens with zero attached hydrogens (tertiary/aromatic N) is 4. The van der Waals surface area contributed by atoms with Crippen LogP contribution in [0.4, 0.5) is 11.5 Å². The predicted molar refractivity (Wildman–Crippen MR) is 71.0 cm³/mol. The molecule has 0 unspecified atom stereocenters. The molecular formula is C12H15N5O2. The molecule has 0 aliphatic carbocycles. The second kappa shape index (κ2) is 5.47. The van der Waals surface area contributed by atoms with Crippen molar-refractivity contribution in [2.24, 2.45) is 7.05 Å². The van der Waals surface area contributed by atoms with Crippen molar-refractivity contribution in [1.82, 2.24) is 14.8 Å². The number of hydrogen-bond donors (Lipinski definition) is 1. The van der Waals surface area contributed by atoms with Gasteiger partial charge in [0.1, 0.15) is 12.0 Å². The Morgan fingerprint density at radius 2 is 2.32 bits per heavy atom. The molecule has 0 saturated heterocycles. The van der Waals surface area contributed by atoms with Crippen molar-refractivity contribution in [2.75, 3.05) is 11.9 Å². The molecule has 100 valence electrons. The van der Waals surface area contributed by atoms with Crippen molar-refractivity contribution < 1.29 is 4.92 Å². The summed E-state index contributed by atoms with van der Waals surface area (Å²) in [5.74, 6) is 0.638. The fourth-order valence-corrected chi connectivity index (χ4v) is 1.75. The zero-order valence-electron chi connectivity index (χ0n) is 10.8. The first-order valence-corrected chi connectivity index (χ1v) is 5.89. The highest BCUT2D eigenvalue weighted by Gasteiger charge is 2.11. The number of nitrogens with one attached hydrogen (secondary N) is 1. The topological polar surface area (TPSA) is 85.9 Å². The SMILES string of the molecule is Cc1cc(NCCc2ccn(C)n2)ncc1[N+](=O)[O-]. The summed E-state index contributed by atoms with van der Waals surface area (Å²) in [6.45, 7) is 2.38. The number of hydrogen-bond acceptors (Lipinski definition) is 5. The van der Waals surface area contributed by atoms with Crippen molar-refractivity contribution in [3.05, 3.63) is 45.9 Å². The molecular weight excluding hydrogens is 246 g/mol. The summed E-state index contributed by atoms with van der Waals surface area (Å²) in [5, 5.41) is 18.1. The summed E-state index contributed by atoms with van der Waals surface area (Å²) >= 11 is 0. The van der Waals surface area contributed by atoms with E-state index >= 15 is 0 Å². The Kier molecular flexibility index (Phi) is 3.74. The Hall–Kier alpha value is -2.44. The number of aromatic nitrogens is 3. The molecule has 2 rings (SSSR count). The minimum absolute atomic E-state index is 0.0373. The normalized spacial score (nSPS) is 10.4. The molecule has 7 nitrogen and oxygen atoms in total. The van der Waals surface area contributed by atoms with Gasteiger partial charge in [0.15, 0.2) is 0 Å². The molecule has 19 heavy (non-hydrogen) atoms. The fourth-order valence-electron chi connectivity index (χ4n) is 1.75. The maximum Gasteiger partial charge on any atom is 0.290 e. The van der Waals surface area contributed by atoms with Gasteiger partial charge >= 0.3 is 0 Å². The second-order valence-corrected chi connectivity index (χ2v) is 4.27. The van der Waals surface area contributed by atoms with Crippen LogP contribution in [0.1, 0.15) is 11.3 Å². The standard InChI is InChI=1S/C12H15N5O2/c1-9-7-12(14-8-11(9)17(18)19)13-5-3-10-4-6-16(2)15-10/h4,6-8H,3,5H2,1-2H3,(H,13,14). The van der Waals surface area contributed by atoms with E-state index in [0.717, 1.165) is 12.1 Å². The average Bonchev–Trinajstić information content (AvgIpc) is 2.75. The molecule has 0 aromatic carbocycles. The van der Waals surface area contributed by atoms with Crippen molar-refractivity contribution in [3.63, 3.8) is 0 Å². The third-order valence-corrected chi connectivity index (χ3v) is 2.74. The summed E-state index contributed by atoms with van der Waals surface area (Å²) in [6.07, 6.45) is 3.95. The molecule has 0 aliphatic rings. The lowest BCUT2D eigenvalue weighted by Gasteiger charge is -2.05. The number of anilines is 1. The minimum atomic E-state index is -0.431. The summed E-state index contributed by atoms with van der Waals surface area (Å²) in [5.41, 5.74) is 1.63. The minimum Gasteiger partial charge on any atom is -0.370 e. The lowest BCUT2D eigenvalue weighted by molar-refractivity contribution is -0.385. The van der Waals surface area contributed by atoms with Crippen molar-refractivity contribution in [2.45, 2.75) is 13.3 Å². The quantitative estimate of drug-likeness (QED) is 0.653. The van der Waals surface area contributed by atoms with E-state index in [2.05, 4.69) is 15.4 Å². The molecule has 1 N–H and O–H groups in total. The van der Waals surface area contributed by atoms with Crippen LogP contribution in [0.5, 0.6) is 0 Å². The Bertz CT molecular complexity index is 594. The number of rotatable bonds is 5. The first kappa shape index (κ1) is 13.0. The van der Waals surface area contributed by atoms with Gasteiger partial charge in [0.05, 0.1) is 10.6 Å².